The average molecular weight is 478 g/mol. The minimum Gasteiger partial charge on any atom is -0.496 e. The Labute approximate surface area is 200 Å². The fourth-order valence-electron chi connectivity index (χ4n) is 3.65. The van der Waals surface area contributed by atoms with Crippen LogP contribution in [0, 0.1) is 5.82 Å². The van der Waals surface area contributed by atoms with Crippen LogP contribution >= 0.6 is 11.8 Å². The van der Waals surface area contributed by atoms with Crippen LogP contribution in [0.3, 0.4) is 0 Å². The molecule has 0 aliphatic heterocycles. The Morgan fingerprint density at radius 1 is 1.03 bits per heavy atom. The van der Waals surface area contributed by atoms with Gasteiger partial charge in [0, 0.05) is 5.56 Å². The molecule has 0 radical (unpaired) electrons. The van der Waals surface area contributed by atoms with Crippen molar-refractivity contribution in [3.63, 3.8) is 0 Å². The van der Waals surface area contributed by atoms with Crippen LogP contribution in [0.15, 0.2) is 82.7 Å². The maximum Gasteiger partial charge on any atom is 0.266 e. The Morgan fingerprint density at radius 2 is 1.71 bits per heavy atom. The number of nitrogens with one attached hydrogen (secondary N) is 1. The molecule has 4 aromatic rings. The molecule has 174 valence electrons. The van der Waals surface area contributed by atoms with Crippen molar-refractivity contribution in [3.8, 4) is 11.4 Å². The third-order valence-corrected chi connectivity index (χ3v) is 6.50. The number of ether oxygens (including phenoxy) is 1. The lowest BCUT2D eigenvalue weighted by molar-refractivity contribution is -0.120. The van der Waals surface area contributed by atoms with Crippen molar-refractivity contribution < 1.29 is 13.9 Å². The molecule has 0 aliphatic rings. The number of hydrogen-bond donors (Lipinski definition) is 1. The average Bonchev–Trinajstić information content (AvgIpc) is 2.85. The molecule has 4 rings (SSSR count). The normalized spacial score (nSPS) is 12.8. The molecule has 0 saturated carbocycles. The van der Waals surface area contributed by atoms with Crippen LogP contribution in [0.25, 0.3) is 16.6 Å². The van der Waals surface area contributed by atoms with E-state index in [1.807, 2.05) is 31.2 Å². The zero-order valence-electron chi connectivity index (χ0n) is 19.0. The molecular formula is C26H24FN3O3S. The molecular weight excluding hydrogens is 453 g/mol. The van der Waals surface area contributed by atoms with E-state index < -0.39 is 11.1 Å². The lowest BCUT2D eigenvalue weighted by atomic mass is 10.1. The van der Waals surface area contributed by atoms with Crippen molar-refractivity contribution >= 4 is 28.6 Å². The zero-order chi connectivity index (χ0) is 24.2. The van der Waals surface area contributed by atoms with Crippen molar-refractivity contribution in [1.29, 1.82) is 0 Å². The van der Waals surface area contributed by atoms with Crippen LogP contribution in [-0.2, 0) is 4.79 Å². The third kappa shape index (κ3) is 4.82. The highest BCUT2D eigenvalue weighted by Crippen LogP contribution is 2.28. The van der Waals surface area contributed by atoms with Gasteiger partial charge in [-0.1, -0.05) is 42.1 Å². The molecule has 0 bridgehead atoms. The molecule has 0 aliphatic carbocycles. The van der Waals surface area contributed by atoms with Crippen molar-refractivity contribution in [1.82, 2.24) is 14.9 Å². The molecule has 3 aromatic carbocycles. The molecule has 8 heteroatoms. The number of hydrogen-bond acceptors (Lipinski definition) is 5. The van der Waals surface area contributed by atoms with Crippen molar-refractivity contribution in [2.45, 2.75) is 30.3 Å². The summed E-state index contributed by atoms with van der Waals surface area (Å²) in [6, 6.07) is 19.9. The van der Waals surface area contributed by atoms with Gasteiger partial charge in [-0.15, -0.1) is 0 Å². The van der Waals surface area contributed by atoms with Gasteiger partial charge in [0.1, 0.15) is 11.6 Å². The zero-order valence-corrected chi connectivity index (χ0v) is 19.8. The number of methoxy groups -OCH3 is 1. The minimum absolute atomic E-state index is 0.212. The first kappa shape index (κ1) is 23.5. The monoisotopic (exact) mass is 477 g/mol. The second-order valence-electron chi connectivity index (χ2n) is 7.76. The van der Waals surface area contributed by atoms with Gasteiger partial charge >= 0.3 is 0 Å². The lowest BCUT2D eigenvalue weighted by Crippen LogP contribution is -2.34. The van der Waals surface area contributed by atoms with Crippen LogP contribution in [0.2, 0.25) is 0 Å². The predicted molar refractivity (Wildman–Crippen MR) is 132 cm³/mol. The summed E-state index contributed by atoms with van der Waals surface area (Å²) in [4.78, 5) is 31.0. The number of halogens is 1. The number of benzene rings is 3. The van der Waals surface area contributed by atoms with Crippen molar-refractivity contribution in [2.24, 2.45) is 0 Å². The highest BCUT2D eigenvalue weighted by molar-refractivity contribution is 8.00. The van der Waals surface area contributed by atoms with E-state index >= 15 is 0 Å². The maximum atomic E-state index is 13.5. The molecule has 1 amide bonds. The van der Waals surface area contributed by atoms with E-state index in [1.54, 1.807) is 38.3 Å². The Balaban J connectivity index is 1.65. The van der Waals surface area contributed by atoms with Crippen molar-refractivity contribution in [2.75, 3.05) is 7.11 Å². The van der Waals surface area contributed by atoms with E-state index in [1.165, 1.54) is 40.6 Å². The highest BCUT2D eigenvalue weighted by Gasteiger charge is 2.22. The second-order valence-corrected chi connectivity index (χ2v) is 9.07. The summed E-state index contributed by atoms with van der Waals surface area (Å²) in [6.45, 7) is 3.64. The Bertz CT molecular complexity index is 1390. The molecule has 1 aromatic heterocycles. The lowest BCUT2D eigenvalue weighted by Gasteiger charge is -2.20. The van der Waals surface area contributed by atoms with E-state index in [4.69, 9.17) is 4.74 Å². The number of para-hydroxylation sites is 2. The van der Waals surface area contributed by atoms with Gasteiger partial charge < -0.3 is 10.1 Å². The van der Waals surface area contributed by atoms with Gasteiger partial charge in [-0.05, 0) is 56.3 Å². The largest absolute Gasteiger partial charge is 0.496 e. The van der Waals surface area contributed by atoms with Gasteiger partial charge in [0.25, 0.3) is 5.56 Å². The van der Waals surface area contributed by atoms with Gasteiger partial charge in [-0.3, -0.25) is 14.2 Å². The Hall–Kier alpha value is -3.65. The van der Waals surface area contributed by atoms with E-state index in [2.05, 4.69) is 10.3 Å². The number of nitrogens with zero attached hydrogens (tertiary/aromatic N) is 2. The first-order valence-corrected chi connectivity index (χ1v) is 11.6. The quantitative estimate of drug-likeness (QED) is 0.303. The van der Waals surface area contributed by atoms with Crippen molar-refractivity contribution in [3.05, 3.63) is 94.5 Å². The van der Waals surface area contributed by atoms with E-state index in [9.17, 15) is 14.0 Å². The number of thioether (sulfide) groups is 1. The van der Waals surface area contributed by atoms with Crippen LogP contribution in [0.5, 0.6) is 5.75 Å². The smallest absolute Gasteiger partial charge is 0.266 e. The highest BCUT2D eigenvalue weighted by atomic mass is 32.2. The van der Waals surface area contributed by atoms with E-state index in [-0.39, 0.29) is 17.5 Å². The number of fused-ring (bicyclic) bond motifs is 1. The topological polar surface area (TPSA) is 73.2 Å². The summed E-state index contributed by atoms with van der Waals surface area (Å²) in [5, 5.41) is 3.24. The number of carbonyl (C=O) groups excluding carboxylic acids is 1. The Kier molecular flexibility index (Phi) is 6.98. The maximum absolute atomic E-state index is 13.5. The number of carbonyl (C=O) groups is 1. The second kappa shape index (κ2) is 10.1. The molecule has 0 fully saturated rings. The fourth-order valence-corrected chi connectivity index (χ4v) is 4.59. The first-order chi connectivity index (χ1) is 16.4. The predicted octanol–water partition coefficient (Wildman–Crippen LogP) is 4.89. The van der Waals surface area contributed by atoms with Crippen LogP contribution in [-0.4, -0.2) is 27.8 Å². The van der Waals surface area contributed by atoms with E-state index in [0.717, 1.165) is 5.56 Å². The van der Waals surface area contributed by atoms with Gasteiger partial charge in [-0.25, -0.2) is 9.37 Å². The first-order valence-electron chi connectivity index (χ1n) is 10.8. The Morgan fingerprint density at radius 3 is 2.44 bits per heavy atom. The summed E-state index contributed by atoms with van der Waals surface area (Å²) in [7, 11) is 1.59. The van der Waals surface area contributed by atoms with Gasteiger partial charge in [-0.2, -0.15) is 0 Å². The summed E-state index contributed by atoms with van der Waals surface area (Å²) in [6.07, 6.45) is 0. The summed E-state index contributed by atoms with van der Waals surface area (Å²) in [5.41, 5.74) is 1.59. The van der Waals surface area contributed by atoms with Gasteiger partial charge in [0.05, 0.1) is 35.0 Å². The van der Waals surface area contributed by atoms with Gasteiger partial charge in [0.15, 0.2) is 5.16 Å². The molecule has 1 N–H and O–H groups in total. The molecule has 6 nitrogen and oxygen atoms in total. The molecule has 34 heavy (non-hydrogen) atoms. The number of aromatic nitrogens is 2. The summed E-state index contributed by atoms with van der Waals surface area (Å²) < 4.78 is 20.3. The summed E-state index contributed by atoms with van der Waals surface area (Å²) in [5.74, 6) is 0.0752. The van der Waals surface area contributed by atoms with Crippen LogP contribution in [0.4, 0.5) is 4.39 Å². The standard InChI is InChI=1S/C26H24FN3O3S/c1-16(20-8-5-7-11-23(20)33-3)28-24(31)17(2)34-26-29-22-10-6-4-9-21(22)25(32)30(26)19-14-12-18(27)13-15-19/h4-17H,1-3H3,(H,28,31). The summed E-state index contributed by atoms with van der Waals surface area (Å²) >= 11 is 1.17. The fraction of sp³-hybridized carbons (Fsp3) is 0.192. The third-order valence-electron chi connectivity index (χ3n) is 5.45. The molecule has 0 saturated heterocycles. The molecule has 0 spiro atoms. The molecule has 1 heterocycles. The number of amides is 1. The molecule has 2 atom stereocenters. The SMILES string of the molecule is COc1ccccc1C(C)NC(=O)C(C)Sc1nc2ccccc2c(=O)n1-c1ccc(F)cc1. The van der Waals surface area contributed by atoms with E-state index in [0.29, 0.717) is 27.5 Å². The molecule has 2 unspecified atom stereocenters. The van der Waals surface area contributed by atoms with Crippen LogP contribution < -0.4 is 15.6 Å². The minimum atomic E-state index is -0.558. The van der Waals surface area contributed by atoms with Crippen LogP contribution in [0.1, 0.15) is 25.5 Å². The number of rotatable bonds is 7. The van der Waals surface area contributed by atoms with Gasteiger partial charge in [0.2, 0.25) is 5.91 Å².